The van der Waals surface area contributed by atoms with Gasteiger partial charge in [-0.2, -0.15) is 5.10 Å². The van der Waals surface area contributed by atoms with E-state index in [1.54, 1.807) is 18.3 Å². The van der Waals surface area contributed by atoms with Crippen molar-refractivity contribution in [3.8, 4) is 5.75 Å². The maximum atomic E-state index is 12.0. The number of hydrogen-bond acceptors (Lipinski definition) is 3. The predicted octanol–water partition coefficient (Wildman–Crippen LogP) is 5.55. The lowest BCUT2D eigenvalue weighted by Gasteiger charge is -2.06. The molecule has 3 rings (SSSR count). The summed E-state index contributed by atoms with van der Waals surface area (Å²) in [6.07, 6.45) is 1.59. The molecule has 0 aromatic heterocycles. The molecule has 4 nitrogen and oxygen atoms in total. The Morgan fingerprint density at radius 3 is 2.11 bits per heavy atom. The third-order valence-corrected chi connectivity index (χ3v) is 4.74. The monoisotopic (exact) mass is 486 g/mol. The minimum absolute atomic E-state index is 0.256. The number of benzene rings is 3. The fourth-order valence-electron chi connectivity index (χ4n) is 2.23. The summed E-state index contributed by atoms with van der Waals surface area (Å²) in [6.45, 7) is 0.504. The highest BCUT2D eigenvalue weighted by atomic mass is 79.9. The summed E-state index contributed by atoms with van der Waals surface area (Å²) in [4.78, 5) is 12.0. The molecule has 1 amide bonds. The number of rotatable bonds is 6. The zero-order valence-corrected chi connectivity index (χ0v) is 17.4. The number of halogens is 2. The number of nitrogens with one attached hydrogen (secondary N) is 1. The van der Waals surface area contributed by atoms with Crippen molar-refractivity contribution in [3.63, 3.8) is 0 Å². The highest BCUT2D eigenvalue weighted by molar-refractivity contribution is 9.10. The van der Waals surface area contributed by atoms with Gasteiger partial charge in [-0.3, -0.25) is 4.79 Å². The van der Waals surface area contributed by atoms with Gasteiger partial charge in [0.25, 0.3) is 5.91 Å². The van der Waals surface area contributed by atoms with Gasteiger partial charge in [0.15, 0.2) is 0 Å². The molecule has 0 bridgehead atoms. The van der Waals surface area contributed by atoms with Crippen molar-refractivity contribution >= 4 is 44.0 Å². The molecule has 3 aromatic rings. The van der Waals surface area contributed by atoms with E-state index in [2.05, 4.69) is 42.4 Å². The second kappa shape index (κ2) is 9.48. The van der Waals surface area contributed by atoms with E-state index in [-0.39, 0.29) is 5.91 Å². The predicted molar refractivity (Wildman–Crippen MR) is 114 cm³/mol. The Morgan fingerprint density at radius 2 is 1.48 bits per heavy atom. The van der Waals surface area contributed by atoms with Crippen molar-refractivity contribution in [2.75, 3.05) is 0 Å². The van der Waals surface area contributed by atoms with E-state index in [4.69, 9.17) is 4.74 Å². The van der Waals surface area contributed by atoms with Crippen LogP contribution in [0.3, 0.4) is 0 Å². The van der Waals surface area contributed by atoms with Gasteiger partial charge < -0.3 is 4.74 Å². The summed E-state index contributed by atoms with van der Waals surface area (Å²) in [5, 5.41) is 3.99. The Balaban J connectivity index is 1.50. The Hall–Kier alpha value is -2.44. The van der Waals surface area contributed by atoms with E-state index in [1.165, 1.54) is 0 Å². The number of hydrogen-bond donors (Lipinski definition) is 1. The van der Waals surface area contributed by atoms with Crippen molar-refractivity contribution in [1.82, 2.24) is 5.43 Å². The molecule has 0 radical (unpaired) electrons. The SMILES string of the molecule is O=C(NN=Cc1ccc(OCc2ccc(Br)cc2)cc1)c1ccc(Br)cc1. The van der Waals surface area contributed by atoms with Gasteiger partial charge in [0.05, 0.1) is 6.21 Å². The first kappa shape index (κ1) is 19.3. The number of carbonyl (C=O) groups is 1. The van der Waals surface area contributed by atoms with Gasteiger partial charge >= 0.3 is 0 Å². The summed E-state index contributed by atoms with van der Waals surface area (Å²) >= 11 is 6.75. The van der Waals surface area contributed by atoms with Gasteiger partial charge in [0, 0.05) is 14.5 Å². The van der Waals surface area contributed by atoms with Crippen LogP contribution >= 0.6 is 31.9 Å². The number of carbonyl (C=O) groups excluding carboxylic acids is 1. The molecule has 0 spiro atoms. The summed E-state index contributed by atoms with van der Waals surface area (Å²) < 4.78 is 7.73. The third kappa shape index (κ3) is 6.05. The Kier molecular flexibility index (Phi) is 6.79. The molecule has 3 aromatic carbocycles. The fraction of sp³-hybridized carbons (Fsp3) is 0.0476. The average Bonchev–Trinajstić information content (AvgIpc) is 2.69. The van der Waals surface area contributed by atoms with Crippen molar-refractivity contribution in [1.29, 1.82) is 0 Å². The summed E-state index contributed by atoms with van der Waals surface area (Å²) in [6, 6.07) is 22.6. The van der Waals surface area contributed by atoms with Gasteiger partial charge in [-0.05, 0) is 71.8 Å². The second-order valence-electron chi connectivity index (χ2n) is 5.69. The van der Waals surface area contributed by atoms with Crippen LogP contribution in [0.2, 0.25) is 0 Å². The van der Waals surface area contributed by atoms with Crippen LogP contribution in [0.1, 0.15) is 21.5 Å². The maximum Gasteiger partial charge on any atom is 0.271 e. The topological polar surface area (TPSA) is 50.7 Å². The lowest BCUT2D eigenvalue weighted by molar-refractivity contribution is 0.0955. The molecule has 0 heterocycles. The zero-order chi connectivity index (χ0) is 19.1. The largest absolute Gasteiger partial charge is 0.489 e. The van der Waals surface area contributed by atoms with Gasteiger partial charge in [0.2, 0.25) is 0 Å². The highest BCUT2D eigenvalue weighted by Crippen LogP contribution is 2.15. The van der Waals surface area contributed by atoms with E-state index in [0.29, 0.717) is 12.2 Å². The molecule has 136 valence electrons. The number of hydrazone groups is 1. The first-order valence-electron chi connectivity index (χ1n) is 8.16. The third-order valence-electron chi connectivity index (χ3n) is 3.68. The first-order chi connectivity index (χ1) is 13.1. The quantitative estimate of drug-likeness (QED) is 0.365. The van der Waals surface area contributed by atoms with Crippen LogP contribution in [-0.4, -0.2) is 12.1 Å². The molecular formula is C21H16Br2N2O2. The number of nitrogens with zero attached hydrogens (tertiary/aromatic N) is 1. The number of ether oxygens (including phenoxy) is 1. The van der Waals surface area contributed by atoms with Crippen LogP contribution in [0.15, 0.2) is 86.8 Å². The first-order valence-corrected chi connectivity index (χ1v) is 9.75. The van der Waals surface area contributed by atoms with E-state index in [9.17, 15) is 4.79 Å². The highest BCUT2D eigenvalue weighted by Gasteiger charge is 2.03. The molecule has 0 unspecified atom stereocenters. The van der Waals surface area contributed by atoms with Crippen molar-refractivity contribution in [3.05, 3.63) is 98.4 Å². The molecule has 6 heteroatoms. The molecule has 0 saturated carbocycles. The Bertz CT molecular complexity index is 922. The summed E-state index contributed by atoms with van der Waals surface area (Å²) in [7, 11) is 0. The van der Waals surface area contributed by atoms with E-state index in [0.717, 1.165) is 25.8 Å². The van der Waals surface area contributed by atoms with E-state index >= 15 is 0 Å². The molecule has 0 aliphatic heterocycles. The van der Waals surface area contributed by atoms with Crippen LogP contribution in [0, 0.1) is 0 Å². The lowest BCUT2D eigenvalue weighted by Crippen LogP contribution is -2.17. The Morgan fingerprint density at radius 1 is 0.889 bits per heavy atom. The summed E-state index contributed by atoms with van der Waals surface area (Å²) in [5.74, 6) is 0.516. The molecule has 1 N–H and O–H groups in total. The van der Waals surface area contributed by atoms with Gasteiger partial charge in [0.1, 0.15) is 12.4 Å². The van der Waals surface area contributed by atoms with Gasteiger partial charge in [-0.25, -0.2) is 5.43 Å². The van der Waals surface area contributed by atoms with Crippen molar-refractivity contribution in [2.24, 2.45) is 5.10 Å². The second-order valence-corrected chi connectivity index (χ2v) is 7.52. The minimum atomic E-state index is -0.256. The molecule has 0 aliphatic rings. The molecule has 0 aliphatic carbocycles. The fourth-order valence-corrected chi connectivity index (χ4v) is 2.76. The maximum absolute atomic E-state index is 12.0. The molecule has 0 atom stereocenters. The zero-order valence-electron chi connectivity index (χ0n) is 14.2. The van der Waals surface area contributed by atoms with E-state index < -0.39 is 0 Å². The van der Waals surface area contributed by atoms with Gasteiger partial charge in [-0.1, -0.05) is 44.0 Å². The van der Waals surface area contributed by atoms with Crippen LogP contribution in [-0.2, 0) is 6.61 Å². The molecular weight excluding hydrogens is 472 g/mol. The van der Waals surface area contributed by atoms with Crippen molar-refractivity contribution in [2.45, 2.75) is 6.61 Å². The van der Waals surface area contributed by atoms with Crippen LogP contribution in [0.5, 0.6) is 5.75 Å². The summed E-state index contributed by atoms with van der Waals surface area (Å²) in [5.41, 5.74) is 5.02. The molecule has 27 heavy (non-hydrogen) atoms. The van der Waals surface area contributed by atoms with Crippen LogP contribution < -0.4 is 10.2 Å². The molecule has 0 saturated heterocycles. The van der Waals surface area contributed by atoms with Crippen LogP contribution in [0.25, 0.3) is 0 Å². The smallest absolute Gasteiger partial charge is 0.271 e. The minimum Gasteiger partial charge on any atom is -0.489 e. The van der Waals surface area contributed by atoms with Gasteiger partial charge in [-0.15, -0.1) is 0 Å². The van der Waals surface area contributed by atoms with Crippen molar-refractivity contribution < 1.29 is 9.53 Å². The standard InChI is InChI=1S/C21H16Br2N2O2/c22-18-7-1-16(2-8-18)14-27-20-11-3-15(4-12-20)13-24-25-21(26)17-5-9-19(23)10-6-17/h1-13H,14H2,(H,25,26). The van der Waals surface area contributed by atoms with E-state index in [1.807, 2.05) is 60.7 Å². The lowest BCUT2D eigenvalue weighted by atomic mass is 10.2. The molecule has 0 fully saturated rings. The Labute approximate surface area is 174 Å². The van der Waals surface area contributed by atoms with Crippen LogP contribution in [0.4, 0.5) is 0 Å². The average molecular weight is 488 g/mol. The normalized spacial score (nSPS) is 10.7. The number of amides is 1.